The fourth-order valence-corrected chi connectivity index (χ4v) is 2.24. The van der Waals surface area contributed by atoms with Gasteiger partial charge in [0.15, 0.2) is 0 Å². The Hall–Kier alpha value is -1.61. The van der Waals surface area contributed by atoms with Crippen LogP contribution in [0.15, 0.2) is 36.5 Å². The van der Waals surface area contributed by atoms with Crippen molar-refractivity contribution in [1.82, 2.24) is 15.1 Å². The molecule has 0 spiro atoms. The lowest BCUT2D eigenvalue weighted by molar-refractivity contribution is 0.530. The lowest BCUT2D eigenvalue weighted by Gasteiger charge is -2.16. The highest BCUT2D eigenvalue weighted by Gasteiger charge is 2.08. The molecule has 1 N–H and O–H groups in total. The van der Waals surface area contributed by atoms with E-state index in [-0.39, 0.29) is 0 Å². The van der Waals surface area contributed by atoms with Crippen molar-refractivity contribution < 1.29 is 0 Å². The van der Waals surface area contributed by atoms with E-state index >= 15 is 0 Å². The van der Waals surface area contributed by atoms with Crippen molar-refractivity contribution in [2.24, 2.45) is 0 Å². The van der Waals surface area contributed by atoms with Crippen molar-refractivity contribution >= 4 is 0 Å². The number of rotatable bonds is 5. The zero-order valence-electron chi connectivity index (χ0n) is 11.4. The Bertz CT molecular complexity index is 502. The molecule has 0 bridgehead atoms. The summed E-state index contributed by atoms with van der Waals surface area (Å²) in [6, 6.07) is 10.9. The minimum Gasteiger partial charge on any atom is -0.305 e. The van der Waals surface area contributed by atoms with Crippen LogP contribution in [0.1, 0.15) is 36.7 Å². The van der Waals surface area contributed by atoms with Gasteiger partial charge in [0.25, 0.3) is 0 Å². The first-order chi connectivity index (χ1) is 8.72. The number of aromatic nitrogens is 2. The number of hydrogen-bond donors (Lipinski definition) is 1. The Morgan fingerprint density at radius 2 is 2.06 bits per heavy atom. The Labute approximate surface area is 109 Å². The molecule has 1 aromatic carbocycles. The maximum Gasteiger partial charge on any atom is 0.0522 e. The van der Waals surface area contributed by atoms with Crippen molar-refractivity contribution in [1.29, 1.82) is 0 Å². The molecule has 3 nitrogen and oxygen atoms in total. The summed E-state index contributed by atoms with van der Waals surface area (Å²) in [4.78, 5) is 0. The summed E-state index contributed by atoms with van der Waals surface area (Å²) in [6.45, 7) is 8.24. The van der Waals surface area contributed by atoms with Crippen LogP contribution in [0, 0.1) is 6.92 Å². The molecule has 18 heavy (non-hydrogen) atoms. The van der Waals surface area contributed by atoms with Crippen LogP contribution < -0.4 is 5.32 Å². The Morgan fingerprint density at radius 3 is 2.78 bits per heavy atom. The number of benzene rings is 1. The van der Waals surface area contributed by atoms with E-state index in [1.54, 1.807) is 0 Å². The molecule has 0 saturated heterocycles. The third kappa shape index (κ3) is 2.79. The summed E-state index contributed by atoms with van der Waals surface area (Å²) < 4.78 is 2.03. The molecule has 0 radical (unpaired) electrons. The first kappa shape index (κ1) is 12.8. The number of nitrogens with zero attached hydrogens (tertiary/aromatic N) is 2. The quantitative estimate of drug-likeness (QED) is 0.874. The van der Waals surface area contributed by atoms with Crippen LogP contribution in [0.3, 0.4) is 0 Å². The topological polar surface area (TPSA) is 29.9 Å². The van der Waals surface area contributed by atoms with Crippen molar-refractivity contribution in [2.75, 3.05) is 0 Å². The lowest BCUT2D eigenvalue weighted by atomic mass is 10.0. The molecule has 2 aromatic rings. The van der Waals surface area contributed by atoms with Gasteiger partial charge in [-0.2, -0.15) is 5.10 Å². The molecular formula is C15H21N3. The maximum atomic E-state index is 4.28. The molecule has 2 rings (SSSR count). The van der Waals surface area contributed by atoms with E-state index in [0.717, 1.165) is 13.1 Å². The van der Waals surface area contributed by atoms with Crippen LogP contribution in [0.25, 0.3) is 0 Å². The zero-order valence-corrected chi connectivity index (χ0v) is 11.4. The van der Waals surface area contributed by atoms with Crippen LogP contribution in [-0.4, -0.2) is 9.78 Å². The van der Waals surface area contributed by atoms with Crippen LogP contribution >= 0.6 is 0 Å². The van der Waals surface area contributed by atoms with Gasteiger partial charge in [0.05, 0.1) is 5.69 Å². The molecule has 0 fully saturated rings. The summed E-state index contributed by atoms with van der Waals surface area (Å²) in [7, 11) is 0. The van der Waals surface area contributed by atoms with E-state index in [1.165, 1.54) is 16.8 Å². The normalized spacial score (nSPS) is 12.6. The van der Waals surface area contributed by atoms with E-state index in [1.807, 2.05) is 10.9 Å². The van der Waals surface area contributed by atoms with Crippen LogP contribution in [0.4, 0.5) is 0 Å². The van der Waals surface area contributed by atoms with E-state index in [9.17, 15) is 0 Å². The van der Waals surface area contributed by atoms with Crippen molar-refractivity contribution in [3.8, 4) is 0 Å². The van der Waals surface area contributed by atoms with E-state index in [2.05, 4.69) is 61.5 Å². The fraction of sp³-hybridized carbons (Fsp3) is 0.400. The van der Waals surface area contributed by atoms with Gasteiger partial charge >= 0.3 is 0 Å². The van der Waals surface area contributed by atoms with Gasteiger partial charge in [-0.25, -0.2) is 0 Å². The Balaban J connectivity index is 2.01. The second kappa shape index (κ2) is 5.83. The molecule has 1 heterocycles. The Kier molecular flexibility index (Phi) is 4.15. The highest BCUT2D eigenvalue weighted by Crippen LogP contribution is 2.17. The second-order valence-electron chi connectivity index (χ2n) is 4.60. The molecule has 3 heteroatoms. The summed E-state index contributed by atoms with van der Waals surface area (Å²) in [5.74, 6) is 0. The van der Waals surface area contributed by atoms with Crippen LogP contribution in [0.5, 0.6) is 0 Å². The number of hydrogen-bond acceptors (Lipinski definition) is 2. The summed E-state index contributed by atoms with van der Waals surface area (Å²) in [6.07, 6.45) is 1.86. The van der Waals surface area contributed by atoms with Gasteiger partial charge in [0, 0.05) is 25.3 Å². The third-order valence-electron chi connectivity index (χ3n) is 3.35. The molecule has 0 unspecified atom stereocenters. The van der Waals surface area contributed by atoms with Gasteiger partial charge in [-0.15, -0.1) is 0 Å². The van der Waals surface area contributed by atoms with Crippen LogP contribution in [0.2, 0.25) is 0 Å². The number of aryl methyl sites for hydroxylation is 2. The average Bonchev–Trinajstić information content (AvgIpc) is 2.84. The van der Waals surface area contributed by atoms with Gasteiger partial charge in [-0.1, -0.05) is 24.3 Å². The van der Waals surface area contributed by atoms with E-state index in [0.29, 0.717) is 6.04 Å². The minimum absolute atomic E-state index is 0.353. The molecule has 0 amide bonds. The summed E-state index contributed by atoms with van der Waals surface area (Å²) in [5.41, 5.74) is 3.93. The molecule has 0 aliphatic heterocycles. The van der Waals surface area contributed by atoms with E-state index < -0.39 is 0 Å². The highest BCUT2D eigenvalue weighted by molar-refractivity contribution is 5.28. The van der Waals surface area contributed by atoms with Crippen molar-refractivity contribution in [3.63, 3.8) is 0 Å². The molecule has 0 aliphatic rings. The monoisotopic (exact) mass is 243 g/mol. The van der Waals surface area contributed by atoms with Crippen LogP contribution in [-0.2, 0) is 13.1 Å². The molecule has 0 aliphatic carbocycles. The van der Waals surface area contributed by atoms with Gasteiger partial charge in [-0.3, -0.25) is 4.68 Å². The van der Waals surface area contributed by atoms with Crippen molar-refractivity contribution in [2.45, 2.75) is 39.9 Å². The van der Waals surface area contributed by atoms with Gasteiger partial charge < -0.3 is 5.32 Å². The van der Waals surface area contributed by atoms with Gasteiger partial charge in [0.2, 0.25) is 0 Å². The summed E-state index contributed by atoms with van der Waals surface area (Å²) in [5, 5.41) is 7.84. The maximum absolute atomic E-state index is 4.28. The van der Waals surface area contributed by atoms with Crippen molar-refractivity contribution in [3.05, 3.63) is 53.3 Å². The van der Waals surface area contributed by atoms with E-state index in [4.69, 9.17) is 0 Å². The molecule has 0 saturated carbocycles. The average molecular weight is 243 g/mol. The second-order valence-corrected chi connectivity index (χ2v) is 4.60. The predicted octanol–water partition coefficient (Wildman–Crippen LogP) is 3.06. The minimum atomic E-state index is 0.353. The fourth-order valence-electron chi connectivity index (χ4n) is 2.24. The highest BCUT2D eigenvalue weighted by atomic mass is 15.3. The lowest BCUT2D eigenvalue weighted by Crippen LogP contribution is -2.20. The molecular weight excluding hydrogens is 222 g/mol. The molecule has 96 valence electrons. The Morgan fingerprint density at radius 1 is 1.28 bits per heavy atom. The molecule has 1 aromatic heterocycles. The first-order valence-electron chi connectivity index (χ1n) is 6.52. The smallest absolute Gasteiger partial charge is 0.0522 e. The largest absolute Gasteiger partial charge is 0.305 e. The standard InChI is InChI=1S/C15H21N3/c1-4-18-14(9-10-17-18)11-16-13(3)15-8-6-5-7-12(15)2/h5-10,13,16H,4,11H2,1-3H3/t13-/m0/s1. The zero-order chi connectivity index (χ0) is 13.0. The number of nitrogens with one attached hydrogen (secondary N) is 1. The third-order valence-corrected chi connectivity index (χ3v) is 3.35. The predicted molar refractivity (Wildman–Crippen MR) is 74.3 cm³/mol. The van der Waals surface area contributed by atoms with Gasteiger partial charge in [0.1, 0.15) is 0 Å². The molecule has 1 atom stereocenters. The van der Waals surface area contributed by atoms with Gasteiger partial charge in [-0.05, 0) is 38.0 Å². The summed E-state index contributed by atoms with van der Waals surface area (Å²) >= 11 is 0. The first-order valence-corrected chi connectivity index (χ1v) is 6.52. The SMILES string of the molecule is CCn1nccc1CN[C@@H](C)c1ccccc1C.